The molecule has 1 heterocycles. The summed E-state index contributed by atoms with van der Waals surface area (Å²) in [5.41, 5.74) is 1.53. The van der Waals surface area contributed by atoms with Gasteiger partial charge in [-0.05, 0) is 48.8 Å². The number of aliphatic hydroxyl groups excluding tert-OH is 1. The van der Waals surface area contributed by atoms with Crippen molar-refractivity contribution in [3.05, 3.63) is 29.3 Å². The van der Waals surface area contributed by atoms with Crippen LogP contribution >= 0.6 is 36.4 Å². The van der Waals surface area contributed by atoms with Crippen LogP contribution in [0.25, 0.3) is 0 Å². The van der Waals surface area contributed by atoms with Gasteiger partial charge in [0.2, 0.25) is 0 Å². The van der Waals surface area contributed by atoms with Crippen molar-refractivity contribution >= 4 is 42.1 Å². The Morgan fingerprint density at radius 3 is 2.48 bits per heavy atom. The van der Waals surface area contributed by atoms with Gasteiger partial charge in [0.25, 0.3) is 0 Å². The molecule has 4 nitrogen and oxygen atoms in total. The molecule has 1 aromatic rings. The molecule has 1 N–H and O–H groups in total. The predicted octanol–water partition coefficient (Wildman–Crippen LogP) is 4.90. The third kappa shape index (κ3) is 8.43. The van der Waals surface area contributed by atoms with E-state index in [1.165, 1.54) is 12.1 Å². The number of halogens is 3. The van der Waals surface area contributed by atoms with Crippen LogP contribution < -0.4 is 4.90 Å². The molecule has 0 bridgehead atoms. The Bertz CT molecular complexity index is 609. The molecule has 7 heteroatoms. The van der Waals surface area contributed by atoms with E-state index < -0.39 is 6.10 Å². The molecule has 0 radical (unpaired) electrons. The molecular weight excluding hydrogens is 431 g/mol. The highest BCUT2D eigenvalue weighted by atomic mass is 35.5. The van der Waals surface area contributed by atoms with Gasteiger partial charge in [0.05, 0.1) is 18.8 Å². The molecule has 3 atom stereocenters. The Kier molecular flexibility index (Phi) is 11.1. The number of β-amino-alcohol motifs (C(OH)–C–C–N with tert-alkyl or cyclic N) is 1. The van der Waals surface area contributed by atoms with Crippen LogP contribution in [0.15, 0.2) is 24.3 Å². The fourth-order valence-electron chi connectivity index (χ4n) is 4.84. The summed E-state index contributed by atoms with van der Waals surface area (Å²) in [6.45, 7) is 11.9. The second-order valence-corrected chi connectivity index (χ2v) is 9.73. The fourth-order valence-corrected chi connectivity index (χ4v) is 5.03. The lowest BCUT2D eigenvalue weighted by atomic mass is 9.71. The molecule has 0 aromatic heterocycles. The van der Waals surface area contributed by atoms with Crippen molar-refractivity contribution in [2.45, 2.75) is 52.2 Å². The highest BCUT2D eigenvalue weighted by molar-refractivity contribution is 6.30. The zero-order valence-electron chi connectivity index (χ0n) is 17.8. The van der Waals surface area contributed by atoms with Crippen LogP contribution in [0.4, 0.5) is 5.69 Å². The van der Waals surface area contributed by atoms with E-state index in [2.05, 4.69) is 36.6 Å². The standard InChI is InChI=1S/C22H35ClN2O2.2ClH/c1-17-11-21(14-22(2,3)13-17)27-16-20(26)15-24-7-9-25(10-8-24)19-6-4-5-18(23)12-19;;/h4-6,12,17,20-21,26H,7-11,13-16H2,1-3H3;2*1H. The number of aliphatic hydroxyl groups is 1. The first-order chi connectivity index (χ1) is 12.8. The third-order valence-electron chi connectivity index (χ3n) is 5.89. The van der Waals surface area contributed by atoms with Gasteiger partial charge < -0.3 is 14.7 Å². The van der Waals surface area contributed by atoms with Gasteiger partial charge in [0, 0.05) is 43.4 Å². The number of hydrogen-bond donors (Lipinski definition) is 1. The van der Waals surface area contributed by atoms with E-state index in [1.807, 2.05) is 18.2 Å². The number of rotatable bonds is 6. The first kappa shape index (κ1) is 26.8. The number of nitrogens with zero attached hydrogens (tertiary/aromatic N) is 2. The fraction of sp³-hybridized carbons (Fsp3) is 0.727. The van der Waals surface area contributed by atoms with Crippen molar-refractivity contribution < 1.29 is 9.84 Å². The molecule has 1 aliphatic heterocycles. The number of anilines is 1. The molecule has 2 fully saturated rings. The average Bonchev–Trinajstić information content (AvgIpc) is 2.59. The maximum Gasteiger partial charge on any atom is 0.0900 e. The third-order valence-corrected chi connectivity index (χ3v) is 6.12. The zero-order valence-corrected chi connectivity index (χ0v) is 20.2. The summed E-state index contributed by atoms with van der Waals surface area (Å²) in [4.78, 5) is 4.69. The van der Waals surface area contributed by atoms with Crippen LogP contribution in [0.2, 0.25) is 5.02 Å². The van der Waals surface area contributed by atoms with E-state index in [0.29, 0.717) is 24.5 Å². The molecule has 1 saturated heterocycles. The molecule has 2 aliphatic rings. The minimum absolute atomic E-state index is 0. The Morgan fingerprint density at radius 2 is 1.86 bits per heavy atom. The van der Waals surface area contributed by atoms with E-state index in [4.69, 9.17) is 16.3 Å². The van der Waals surface area contributed by atoms with Crippen molar-refractivity contribution in [3.8, 4) is 0 Å². The Labute approximate surface area is 193 Å². The molecule has 1 saturated carbocycles. The van der Waals surface area contributed by atoms with Crippen LogP contribution in [0, 0.1) is 11.3 Å². The van der Waals surface area contributed by atoms with E-state index in [9.17, 15) is 5.11 Å². The number of hydrogen-bond acceptors (Lipinski definition) is 4. The highest BCUT2D eigenvalue weighted by Gasteiger charge is 2.32. The summed E-state index contributed by atoms with van der Waals surface area (Å²) in [6, 6.07) is 8.04. The average molecular weight is 468 g/mol. The summed E-state index contributed by atoms with van der Waals surface area (Å²) >= 11 is 6.10. The molecule has 3 rings (SSSR count). The van der Waals surface area contributed by atoms with E-state index >= 15 is 0 Å². The maximum absolute atomic E-state index is 10.4. The quantitative estimate of drug-likeness (QED) is 0.645. The topological polar surface area (TPSA) is 35.9 Å². The van der Waals surface area contributed by atoms with Crippen molar-refractivity contribution in [2.75, 3.05) is 44.2 Å². The lowest BCUT2D eigenvalue weighted by Crippen LogP contribution is -2.49. The second kappa shape index (κ2) is 12.0. The van der Waals surface area contributed by atoms with E-state index in [-0.39, 0.29) is 30.9 Å². The van der Waals surface area contributed by atoms with Crippen molar-refractivity contribution in [3.63, 3.8) is 0 Å². The Morgan fingerprint density at radius 1 is 1.17 bits per heavy atom. The van der Waals surface area contributed by atoms with Gasteiger partial charge in [0.1, 0.15) is 0 Å². The minimum Gasteiger partial charge on any atom is -0.389 e. The van der Waals surface area contributed by atoms with Gasteiger partial charge in [0.15, 0.2) is 0 Å². The lowest BCUT2D eigenvalue weighted by molar-refractivity contribution is -0.0615. The molecule has 0 amide bonds. The zero-order chi connectivity index (χ0) is 19.4. The number of benzene rings is 1. The van der Waals surface area contributed by atoms with Crippen LogP contribution in [0.5, 0.6) is 0 Å². The molecule has 1 aromatic carbocycles. The summed E-state index contributed by atoms with van der Waals surface area (Å²) in [7, 11) is 0. The van der Waals surface area contributed by atoms with Gasteiger partial charge >= 0.3 is 0 Å². The van der Waals surface area contributed by atoms with Crippen LogP contribution in [-0.2, 0) is 4.74 Å². The van der Waals surface area contributed by atoms with Crippen LogP contribution in [0.3, 0.4) is 0 Å². The number of piperazine rings is 1. The predicted molar refractivity (Wildman–Crippen MR) is 127 cm³/mol. The van der Waals surface area contributed by atoms with E-state index in [0.717, 1.165) is 44.0 Å². The minimum atomic E-state index is -0.414. The summed E-state index contributed by atoms with van der Waals surface area (Å²) in [5.74, 6) is 0.704. The first-order valence-electron chi connectivity index (χ1n) is 10.3. The largest absolute Gasteiger partial charge is 0.389 e. The molecule has 3 unspecified atom stereocenters. The van der Waals surface area contributed by atoms with Gasteiger partial charge in [-0.1, -0.05) is 38.4 Å². The second-order valence-electron chi connectivity index (χ2n) is 9.29. The van der Waals surface area contributed by atoms with Crippen LogP contribution in [0.1, 0.15) is 40.0 Å². The Balaban J connectivity index is 0.00000210. The molecule has 1 aliphatic carbocycles. The molecule has 168 valence electrons. The highest BCUT2D eigenvalue weighted by Crippen LogP contribution is 2.39. The van der Waals surface area contributed by atoms with E-state index in [1.54, 1.807) is 0 Å². The van der Waals surface area contributed by atoms with Gasteiger partial charge in [-0.15, -0.1) is 24.8 Å². The molecular formula is C22H37Cl3N2O2. The van der Waals surface area contributed by atoms with Gasteiger partial charge in [-0.3, -0.25) is 4.90 Å². The SMILES string of the molecule is CC1CC(OCC(O)CN2CCN(c3cccc(Cl)c3)CC2)CC(C)(C)C1.Cl.Cl. The molecule has 29 heavy (non-hydrogen) atoms. The Hall–Kier alpha value is -0.230. The smallest absolute Gasteiger partial charge is 0.0900 e. The maximum atomic E-state index is 10.4. The van der Waals surface area contributed by atoms with Crippen molar-refractivity contribution in [1.82, 2.24) is 4.90 Å². The van der Waals surface area contributed by atoms with Gasteiger partial charge in [-0.25, -0.2) is 0 Å². The summed E-state index contributed by atoms with van der Waals surface area (Å²) in [6.07, 6.45) is 3.37. The molecule has 0 spiro atoms. The first-order valence-corrected chi connectivity index (χ1v) is 10.7. The lowest BCUT2D eigenvalue weighted by Gasteiger charge is -2.39. The van der Waals surface area contributed by atoms with Gasteiger partial charge in [-0.2, -0.15) is 0 Å². The number of ether oxygens (including phenoxy) is 1. The monoisotopic (exact) mass is 466 g/mol. The normalized spacial score (nSPS) is 25.6. The van der Waals surface area contributed by atoms with Crippen molar-refractivity contribution in [2.24, 2.45) is 11.3 Å². The van der Waals surface area contributed by atoms with Crippen LogP contribution in [-0.4, -0.2) is 61.5 Å². The summed E-state index contributed by atoms with van der Waals surface area (Å²) in [5, 5.41) is 11.2. The summed E-state index contributed by atoms with van der Waals surface area (Å²) < 4.78 is 6.09. The van der Waals surface area contributed by atoms with Crippen molar-refractivity contribution in [1.29, 1.82) is 0 Å².